The molecule has 0 atom stereocenters. The molecule has 0 bridgehead atoms. The summed E-state index contributed by atoms with van der Waals surface area (Å²) >= 11 is 3.20. The van der Waals surface area contributed by atoms with E-state index in [4.69, 9.17) is 33.2 Å². The van der Waals surface area contributed by atoms with Crippen LogP contribution < -0.4 is 63.3 Å². The first-order valence-corrected chi connectivity index (χ1v) is 30.5. The van der Waals surface area contributed by atoms with Crippen LogP contribution in [0.5, 0.6) is 74.7 Å². The Hall–Kier alpha value is -12.4. The third-order valence-electron chi connectivity index (χ3n) is 14.0. The molecule has 0 unspecified atom stereocenters. The second-order valence-electron chi connectivity index (χ2n) is 21.2. The minimum Gasteiger partial charge on any atom is -0.494 e. The number of carbonyl (C=O) groups is 5. The summed E-state index contributed by atoms with van der Waals surface area (Å²) in [6.45, 7) is 9.28. The van der Waals surface area contributed by atoms with Crippen molar-refractivity contribution < 1.29 is 129 Å². The van der Waals surface area contributed by atoms with Crippen molar-refractivity contribution in [2.24, 2.45) is 0 Å². The van der Waals surface area contributed by atoms with E-state index in [1.807, 2.05) is 0 Å². The Bertz CT molecular complexity index is 4780. The summed E-state index contributed by atoms with van der Waals surface area (Å²) in [6, 6.07) is 13.4. The Balaban J connectivity index is 0.000000222. The summed E-state index contributed by atoms with van der Waals surface area (Å²) < 4.78 is 202. The molecule has 0 spiro atoms. The van der Waals surface area contributed by atoms with Gasteiger partial charge in [-0.05, 0) is 129 Å². The number of anilines is 3. The fourth-order valence-electron chi connectivity index (χ4n) is 8.90. The van der Waals surface area contributed by atoms with Gasteiger partial charge in [0.1, 0.15) is 49.9 Å². The van der Waals surface area contributed by atoms with Crippen LogP contribution in [0.4, 0.5) is 65.4 Å². The second kappa shape index (κ2) is 34.7. The van der Waals surface area contributed by atoms with Gasteiger partial charge in [0.15, 0.2) is 69.1 Å². The fourth-order valence-corrected chi connectivity index (χ4v) is 9.23. The van der Waals surface area contributed by atoms with Crippen molar-refractivity contribution in [3.63, 3.8) is 0 Å². The first-order valence-electron chi connectivity index (χ1n) is 29.7. The van der Waals surface area contributed by atoms with Crippen molar-refractivity contribution >= 4 is 62.7 Å². The van der Waals surface area contributed by atoms with Crippen molar-refractivity contribution in [2.75, 3.05) is 58.6 Å². The maximum Gasteiger partial charge on any atom is 0.573 e. The molecule has 560 valence electrons. The lowest BCUT2D eigenvalue weighted by molar-refractivity contribution is -0.275. The molecule has 38 heteroatoms. The molecule has 0 aliphatic rings. The molecule has 0 aliphatic carbocycles. The van der Waals surface area contributed by atoms with Gasteiger partial charge >= 0.3 is 31.0 Å². The van der Waals surface area contributed by atoms with E-state index in [-0.39, 0.29) is 97.2 Å². The Morgan fingerprint density at radius 2 is 0.679 bits per heavy atom. The van der Waals surface area contributed by atoms with Gasteiger partial charge in [0.25, 0.3) is 17.7 Å². The van der Waals surface area contributed by atoms with Crippen molar-refractivity contribution in [1.29, 1.82) is 0 Å². The topological polar surface area (TPSA) is 310 Å². The van der Waals surface area contributed by atoms with E-state index < -0.39 is 88.8 Å². The van der Waals surface area contributed by atoms with Crippen molar-refractivity contribution in [1.82, 2.24) is 29.9 Å². The van der Waals surface area contributed by atoms with E-state index in [2.05, 4.69) is 85.5 Å². The van der Waals surface area contributed by atoms with Crippen LogP contribution in [-0.4, -0.2) is 121 Å². The molecule has 0 fully saturated rings. The van der Waals surface area contributed by atoms with Crippen LogP contribution in [0.15, 0.2) is 115 Å². The Labute approximate surface area is 601 Å². The third kappa shape index (κ3) is 21.4. The highest BCUT2D eigenvalue weighted by atomic mass is 79.9. The summed E-state index contributed by atoms with van der Waals surface area (Å²) in [7, 11) is 7.30. The lowest BCUT2D eigenvalue weighted by atomic mass is 10.1. The predicted molar refractivity (Wildman–Crippen MR) is 354 cm³/mol. The molecule has 0 saturated carbocycles. The fraction of sp³-hybridized carbons (Fsp3) is 0.221. The summed E-state index contributed by atoms with van der Waals surface area (Å²) in [6.07, 6.45) is -7.04. The summed E-state index contributed by atoms with van der Waals surface area (Å²) in [5.41, 5.74) is 1.47. The van der Waals surface area contributed by atoms with Gasteiger partial charge < -0.3 is 72.8 Å². The SMILES string of the molecule is COC(=O)c1cc(NC(=O)c2c(Oc3ccc(OC(F)(F)F)cc3OC)cnc(C)c2F)c(C)cn1.COC(=O)c1cc(NC(=O)c2c(Oc3ccc(OC(F)(F)F)cc3OC)cnc(C)c2OC)c(C)cn1.COc1cc(OC(F)(F)F)ccc1Oc1cnc(C)c(F)c1C(=O)Nc1cc(Br)ncc1C. The third-order valence-corrected chi connectivity index (χ3v) is 14.4. The van der Waals surface area contributed by atoms with Gasteiger partial charge in [-0.2, -0.15) is 0 Å². The number of nitrogens with one attached hydrogen (secondary N) is 3. The number of aromatic nitrogens is 6. The number of carbonyl (C=O) groups excluding carboxylic acids is 5. The average Bonchev–Trinajstić information content (AvgIpc) is 0.802. The highest BCUT2D eigenvalue weighted by Crippen LogP contribution is 2.43. The number of nitrogens with zero attached hydrogens (tertiary/aromatic N) is 6. The monoisotopic (exact) mass is 1560 g/mol. The zero-order valence-corrected chi connectivity index (χ0v) is 58.6. The van der Waals surface area contributed by atoms with Gasteiger partial charge in [-0.15, -0.1) is 39.5 Å². The number of methoxy groups -OCH3 is 6. The summed E-state index contributed by atoms with van der Waals surface area (Å²) in [4.78, 5) is 86.9. The van der Waals surface area contributed by atoms with E-state index in [0.29, 0.717) is 32.7 Å². The molecular formula is C68H57BrF11N9O17. The van der Waals surface area contributed by atoms with Gasteiger partial charge in [-0.25, -0.2) is 33.3 Å². The van der Waals surface area contributed by atoms with E-state index >= 15 is 4.39 Å². The van der Waals surface area contributed by atoms with Gasteiger partial charge in [0.05, 0.1) is 78.3 Å². The summed E-state index contributed by atoms with van der Waals surface area (Å²) in [5.74, 6) is -8.75. The van der Waals surface area contributed by atoms with Gasteiger partial charge in [-0.1, -0.05) is 0 Å². The Kier molecular flexibility index (Phi) is 26.5. The van der Waals surface area contributed by atoms with Crippen LogP contribution >= 0.6 is 15.9 Å². The molecule has 26 nitrogen and oxygen atoms in total. The highest BCUT2D eigenvalue weighted by Gasteiger charge is 2.35. The first-order chi connectivity index (χ1) is 49.9. The number of halogens is 12. The number of aryl methyl sites for hydroxylation is 6. The van der Waals surface area contributed by atoms with Crippen LogP contribution in [0.3, 0.4) is 0 Å². The van der Waals surface area contributed by atoms with Crippen LogP contribution in [0.2, 0.25) is 0 Å². The number of hydrogen-bond donors (Lipinski definition) is 3. The van der Waals surface area contributed by atoms with Crippen LogP contribution in [0.1, 0.15) is 85.8 Å². The van der Waals surface area contributed by atoms with Gasteiger partial charge in [0, 0.05) is 53.9 Å². The number of amides is 3. The minimum absolute atomic E-state index is 0.0214. The number of alkyl halides is 9. The van der Waals surface area contributed by atoms with Crippen LogP contribution in [0, 0.1) is 53.2 Å². The predicted octanol–water partition coefficient (Wildman–Crippen LogP) is 15.8. The number of hydrogen-bond acceptors (Lipinski definition) is 23. The zero-order chi connectivity index (χ0) is 78.3. The molecule has 6 aromatic heterocycles. The van der Waals surface area contributed by atoms with Crippen LogP contribution in [0.25, 0.3) is 0 Å². The maximum absolute atomic E-state index is 15.0. The van der Waals surface area contributed by atoms with E-state index in [0.717, 1.165) is 68.0 Å². The van der Waals surface area contributed by atoms with Gasteiger partial charge in [0.2, 0.25) is 0 Å². The number of esters is 2. The minimum atomic E-state index is -4.93. The standard InChI is InChI=1S/C24H22F3N3O7.C23H19F4N3O6.C21H16BrF4N3O4/c1-12-10-29-16(23(32)35-5)9-15(12)30-22(31)20-19(11-28-13(2)21(20)34-4)36-17-7-6-14(8-18(17)33-3)37-24(25,26)27;1-11-9-29-15(22(32)34-4)8-14(11)30-21(31)19-18(10-28-12(2)20(19)24)35-16-6-5-13(7-17(16)33-3)36-23(25,26)27;1-10-8-28-17(22)7-13(10)29-20(30)18-16(9-27-11(2)19(18)23)32-14-5-4-12(6-15(14)31-3)33-21(24,25)26/h6-11H,1-5H3,(H,29,30,31);5-10H,1-4H3,(H,29,30,31);4-9H,1-3H3,(H,28,29,30). The second-order valence-corrected chi connectivity index (χ2v) is 22.0. The average molecular weight is 1560 g/mol. The normalized spacial score (nSPS) is 11.0. The molecule has 3 amide bonds. The smallest absolute Gasteiger partial charge is 0.494 e. The lowest BCUT2D eigenvalue weighted by Crippen LogP contribution is -2.18. The van der Waals surface area contributed by atoms with E-state index in [1.54, 1.807) is 33.8 Å². The number of ether oxygens (including phenoxy) is 12. The van der Waals surface area contributed by atoms with Gasteiger partial charge in [-0.3, -0.25) is 29.3 Å². The van der Waals surface area contributed by atoms with Crippen molar-refractivity contribution in [3.05, 3.63) is 188 Å². The number of pyridine rings is 6. The Morgan fingerprint density at radius 3 is 1.00 bits per heavy atom. The zero-order valence-electron chi connectivity index (χ0n) is 57.1. The molecule has 6 heterocycles. The van der Waals surface area contributed by atoms with Crippen LogP contribution in [-0.2, 0) is 9.47 Å². The molecule has 3 N–H and O–H groups in total. The highest BCUT2D eigenvalue weighted by molar-refractivity contribution is 9.10. The Morgan fingerprint density at radius 1 is 0.368 bits per heavy atom. The van der Waals surface area contributed by atoms with Crippen molar-refractivity contribution in [2.45, 2.75) is 60.6 Å². The summed E-state index contributed by atoms with van der Waals surface area (Å²) in [5, 5.41) is 7.77. The van der Waals surface area contributed by atoms with E-state index in [9.17, 15) is 67.9 Å². The molecule has 0 saturated heterocycles. The van der Waals surface area contributed by atoms with E-state index in [1.165, 1.54) is 92.4 Å². The quantitative estimate of drug-likeness (QED) is 0.0342. The maximum atomic E-state index is 15.0. The van der Waals surface area contributed by atoms with Crippen molar-refractivity contribution in [3.8, 4) is 74.7 Å². The lowest BCUT2D eigenvalue weighted by Gasteiger charge is -2.18. The molecule has 0 radical (unpaired) electrons. The molecule has 9 rings (SSSR count). The first kappa shape index (κ1) is 80.9. The molecule has 9 aromatic rings. The molecule has 3 aromatic carbocycles. The largest absolute Gasteiger partial charge is 0.573 e. The number of benzene rings is 3. The molecule has 0 aliphatic heterocycles. The molecular weight excluding hydrogens is 1500 g/mol. The molecule has 106 heavy (non-hydrogen) atoms. The number of rotatable bonds is 21.